The summed E-state index contributed by atoms with van der Waals surface area (Å²) in [5, 5.41) is 3.12. The molecule has 0 fully saturated rings. The third-order valence-electron chi connectivity index (χ3n) is 4.51. The van der Waals surface area contributed by atoms with E-state index in [4.69, 9.17) is 18.9 Å². The Bertz CT molecular complexity index is 833. The van der Waals surface area contributed by atoms with Gasteiger partial charge in [-0.1, -0.05) is 19.9 Å². The average Bonchev–Trinajstić information content (AvgIpc) is 3.13. The van der Waals surface area contributed by atoms with Crippen LogP contribution in [0.3, 0.4) is 0 Å². The predicted molar refractivity (Wildman–Crippen MR) is 95.0 cm³/mol. The van der Waals surface area contributed by atoms with Crippen molar-refractivity contribution in [2.45, 2.75) is 19.9 Å². The third kappa shape index (κ3) is 3.14. The molecule has 1 amide bonds. The molecule has 2 aromatic carbocycles. The van der Waals surface area contributed by atoms with Crippen molar-refractivity contribution in [3.63, 3.8) is 0 Å². The fourth-order valence-electron chi connectivity index (χ4n) is 3.15. The van der Waals surface area contributed by atoms with E-state index in [1.165, 1.54) is 0 Å². The maximum atomic E-state index is 12.8. The van der Waals surface area contributed by atoms with Crippen molar-refractivity contribution < 1.29 is 23.7 Å². The van der Waals surface area contributed by atoms with Crippen LogP contribution in [0.25, 0.3) is 0 Å². The van der Waals surface area contributed by atoms with Crippen molar-refractivity contribution >= 4 is 5.91 Å². The van der Waals surface area contributed by atoms with Crippen LogP contribution in [0.2, 0.25) is 0 Å². The number of carbonyl (C=O) groups is 1. The molecule has 2 aliphatic rings. The van der Waals surface area contributed by atoms with Gasteiger partial charge in [0.15, 0.2) is 23.0 Å². The summed E-state index contributed by atoms with van der Waals surface area (Å²) in [4.78, 5) is 12.8. The summed E-state index contributed by atoms with van der Waals surface area (Å²) in [6.07, 6.45) is 0. The Hall–Kier alpha value is -2.89. The van der Waals surface area contributed by atoms with Crippen LogP contribution < -0.4 is 24.3 Å². The Balaban J connectivity index is 1.56. The van der Waals surface area contributed by atoms with Gasteiger partial charge in [0.25, 0.3) is 5.91 Å². The van der Waals surface area contributed by atoms with E-state index in [2.05, 4.69) is 19.2 Å². The molecular formula is C20H21NO5. The molecular weight excluding hydrogens is 334 g/mol. The lowest BCUT2D eigenvalue weighted by molar-refractivity contribution is 0.0925. The molecule has 2 heterocycles. The van der Waals surface area contributed by atoms with Gasteiger partial charge in [0, 0.05) is 5.56 Å². The number of rotatable bonds is 4. The first kappa shape index (κ1) is 16.6. The predicted octanol–water partition coefficient (Wildman–Crippen LogP) is 3.31. The first-order chi connectivity index (χ1) is 12.6. The number of nitrogens with one attached hydrogen (secondary N) is 1. The number of carbonyl (C=O) groups excluding carboxylic acids is 1. The van der Waals surface area contributed by atoms with Crippen LogP contribution in [0.15, 0.2) is 36.4 Å². The maximum Gasteiger partial charge on any atom is 0.251 e. The summed E-state index contributed by atoms with van der Waals surface area (Å²) >= 11 is 0. The van der Waals surface area contributed by atoms with Gasteiger partial charge in [-0.15, -0.1) is 0 Å². The van der Waals surface area contributed by atoms with Gasteiger partial charge in [-0.05, 0) is 41.8 Å². The highest BCUT2D eigenvalue weighted by molar-refractivity contribution is 5.95. The first-order valence-corrected chi connectivity index (χ1v) is 8.72. The van der Waals surface area contributed by atoms with Crippen LogP contribution in [0.1, 0.15) is 35.8 Å². The van der Waals surface area contributed by atoms with Crippen molar-refractivity contribution in [3.8, 4) is 23.0 Å². The van der Waals surface area contributed by atoms with E-state index < -0.39 is 0 Å². The molecule has 2 aliphatic heterocycles. The Morgan fingerprint density at radius 2 is 1.54 bits per heavy atom. The van der Waals surface area contributed by atoms with Crippen molar-refractivity contribution in [2.24, 2.45) is 5.92 Å². The van der Waals surface area contributed by atoms with Gasteiger partial charge in [-0.25, -0.2) is 0 Å². The maximum absolute atomic E-state index is 12.8. The largest absolute Gasteiger partial charge is 0.486 e. The first-order valence-electron chi connectivity index (χ1n) is 8.72. The summed E-state index contributed by atoms with van der Waals surface area (Å²) in [6.45, 7) is 5.42. The highest BCUT2D eigenvalue weighted by Gasteiger charge is 2.23. The minimum absolute atomic E-state index is 0.149. The van der Waals surface area contributed by atoms with Crippen LogP contribution in [-0.2, 0) is 0 Å². The molecule has 6 nitrogen and oxygen atoms in total. The quantitative estimate of drug-likeness (QED) is 0.911. The molecule has 26 heavy (non-hydrogen) atoms. The minimum atomic E-state index is -0.156. The Kier molecular flexibility index (Phi) is 4.32. The lowest BCUT2D eigenvalue weighted by atomic mass is 9.95. The second kappa shape index (κ2) is 6.78. The van der Waals surface area contributed by atoms with Crippen molar-refractivity contribution in [3.05, 3.63) is 47.5 Å². The molecule has 1 N–H and O–H groups in total. The van der Waals surface area contributed by atoms with E-state index in [9.17, 15) is 4.79 Å². The molecule has 0 saturated carbocycles. The van der Waals surface area contributed by atoms with E-state index >= 15 is 0 Å². The lowest BCUT2D eigenvalue weighted by Gasteiger charge is -2.25. The van der Waals surface area contributed by atoms with Gasteiger partial charge in [-0.2, -0.15) is 0 Å². The molecule has 0 bridgehead atoms. The SMILES string of the molecule is CC(C)[C@@H](NC(=O)c1ccc2c(c1)OCO2)c1ccc2c(c1)OCCO2. The Morgan fingerprint density at radius 1 is 0.885 bits per heavy atom. The summed E-state index contributed by atoms with van der Waals surface area (Å²) in [6, 6.07) is 10.9. The molecule has 136 valence electrons. The van der Waals surface area contributed by atoms with Crippen LogP contribution in [0, 0.1) is 5.92 Å². The highest BCUT2D eigenvalue weighted by Crippen LogP contribution is 2.35. The van der Waals surface area contributed by atoms with Crippen LogP contribution in [-0.4, -0.2) is 25.9 Å². The standard InChI is InChI=1S/C20H21NO5/c1-12(2)19(13-3-5-15-17(9-13)24-8-7-23-15)21-20(22)14-4-6-16-18(10-14)26-11-25-16/h3-6,9-10,12,19H,7-8,11H2,1-2H3,(H,21,22)/t19-/m1/s1. The average molecular weight is 355 g/mol. The number of amides is 1. The summed E-state index contributed by atoms with van der Waals surface area (Å²) < 4.78 is 21.9. The van der Waals surface area contributed by atoms with Gasteiger partial charge in [0.2, 0.25) is 6.79 Å². The summed E-state index contributed by atoms with van der Waals surface area (Å²) in [7, 11) is 0. The number of fused-ring (bicyclic) bond motifs is 2. The normalized spacial score (nSPS) is 15.7. The molecule has 2 aromatic rings. The second-order valence-corrected chi connectivity index (χ2v) is 6.67. The zero-order chi connectivity index (χ0) is 18.1. The van der Waals surface area contributed by atoms with Crippen molar-refractivity contribution in [1.29, 1.82) is 0 Å². The topological polar surface area (TPSA) is 66.0 Å². The van der Waals surface area contributed by atoms with Gasteiger partial charge in [0.1, 0.15) is 13.2 Å². The second-order valence-electron chi connectivity index (χ2n) is 6.67. The van der Waals surface area contributed by atoms with Crippen molar-refractivity contribution in [2.75, 3.05) is 20.0 Å². The molecule has 1 atom stereocenters. The summed E-state index contributed by atoms with van der Waals surface area (Å²) in [5.74, 6) is 2.76. The van der Waals surface area contributed by atoms with Crippen LogP contribution in [0.5, 0.6) is 23.0 Å². The number of hydrogen-bond acceptors (Lipinski definition) is 5. The van der Waals surface area contributed by atoms with E-state index in [1.807, 2.05) is 18.2 Å². The van der Waals surface area contributed by atoms with Gasteiger partial charge >= 0.3 is 0 Å². The van der Waals surface area contributed by atoms with E-state index in [0.717, 1.165) is 17.1 Å². The smallest absolute Gasteiger partial charge is 0.251 e. The monoisotopic (exact) mass is 355 g/mol. The fourth-order valence-corrected chi connectivity index (χ4v) is 3.15. The van der Waals surface area contributed by atoms with Crippen LogP contribution in [0.4, 0.5) is 0 Å². The molecule has 0 aliphatic carbocycles. The minimum Gasteiger partial charge on any atom is -0.486 e. The highest BCUT2D eigenvalue weighted by atomic mass is 16.7. The lowest BCUT2D eigenvalue weighted by Crippen LogP contribution is -2.31. The molecule has 0 aromatic heterocycles. The summed E-state index contributed by atoms with van der Waals surface area (Å²) in [5.41, 5.74) is 1.52. The number of benzene rings is 2. The van der Waals surface area contributed by atoms with Gasteiger partial charge in [0.05, 0.1) is 6.04 Å². The van der Waals surface area contributed by atoms with Crippen molar-refractivity contribution in [1.82, 2.24) is 5.32 Å². The zero-order valence-electron chi connectivity index (χ0n) is 14.8. The Labute approximate surface area is 152 Å². The molecule has 0 spiro atoms. The Morgan fingerprint density at radius 3 is 2.35 bits per heavy atom. The molecule has 0 unspecified atom stereocenters. The van der Waals surface area contributed by atoms with E-state index in [0.29, 0.717) is 30.3 Å². The van der Waals surface area contributed by atoms with E-state index in [-0.39, 0.29) is 24.7 Å². The molecule has 4 rings (SSSR count). The van der Waals surface area contributed by atoms with Gasteiger partial charge in [-0.3, -0.25) is 4.79 Å². The number of ether oxygens (including phenoxy) is 4. The van der Waals surface area contributed by atoms with E-state index in [1.54, 1.807) is 18.2 Å². The third-order valence-corrected chi connectivity index (χ3v) is 4.51. The molecule has 0 saturated heterocycles. The van der Waals surface area contributed by atoms with Crippen LogP contribution >= 0.6 is 0 Å². The van der Waals surface area contributed by atoms with Gasteiger partial charge < -0.3 is 24.3 Å². The fraction of sp³-hybridized carbons (Fsp3) is 0.350. The molecule has 0 radical (unpaired) electrons. The zero-order valence-corrected chi connectivity index (χ0v) is 14.8. The molecule has 6 heteroatoms. The number of hydrogen-bond donors (Lipinski definition) is 1.